The third-order valence-corrected chi connectivity index (χ3v) is 3.23. The first-order valence-electron chi connectivity index (χ1n) is 6.02. The minimum atomic E-state index is -0.364. The first kappa shape index (κ1) is 15.5. The van der Waals surface area contributed by atoms with Gasteiger partial charge < -0.3 is 9.64 Å². The van der Waals surface area contributed by atoms with E-state index >= 15 is 0 Å². The van der Waals surface area contributed by atoms with Crippen LogP contribution in [0.1, 0.15) is 19.4 Å². The number of rotatable bonds is 5. The van der Waals surface area contributed by atoms with Crippen LogP contribution in [-0.4, -0.2) is 30.4 Å². The highest BCUT2D eigenvalue weighted by Gasteiger charge is 2.20. The van der Waals surface area contributed by atoms with Crippen LogP contribution in [0.15, 0.2) is 24.3 Å². The third kappa shape index (κ3) is 4.56. The summed E-state index contributed by atoms with van der Waals surface area (Å²) in [5.41, 5.74) is 0.858. The van der Waals surface area contributed by atoms with Crippen LogP contribution in [-0.2, 0) is 20.9 Å². The molecular weight excluding hydrogens is 266 g/mol. The van der Waals surface area contributed by atoms with Gasteiger partial charge in [0, 0.05) is 25.0 Å². The summed E-state index contributed by atoms with van der Waals surface area (Å²) >= 11 is 6.07. The minimum absolute atomic E-state index is 0.101. The molecule has 19 heavy (non-hydrogen) atoms. The molecule has 0 N–H and O–H groups in total. The highest BCUT2D eigenvalue weighted by atomic mass is 35.5. The fourth-order valence-electron chi connectivity index (χ4n) is 1.74. The molecule has 1 unspecified atom stereocenters. The van der Waals surface area contributed by atoms with E-state index in [1.165, 1.54) is 14.0 Å². The topological polar surface area (TPSA) is 46.6 Å². The molecule has 0 spiro atoms. The number of ether oxygens (including phenoxy) is 1. The molecular formula is C14H18ClNO3. The molecule has 5 heteroatoms. The van der Waals surface area contributed by atoms with Crippen molar-refractivity contribution in [1.29, 1.82) is 0 Å². The molecule has 1 aromatic rings. The zero-order valence-corrected chi connectivity index (χ0v) is 12.1. The first-order valence-corrected chi connectivity index (χ1v) is 6.40. The molecule has 4 nitrogen and oxygen atoms in total. The van der Waals surface area contributed by atoms with E-state index in [-0.39, 0.29) is 17.8 Å². The Balaban J connectivity index is 2.77. The van der Waals surface area contributed by atoms with Crippen molar-refractivity contribution < 1.29 is 14.3 Å². The second-order valence-electron chi connectivity index (χ2n) is 4.42. The summed E-state index contributed by atoms with van der Waals surface area (Å²) in [4.78, 5) is 24.6. The Morgan fingerprint density at radius 3 is 2.53 bits per heavy atom. The zero-order valence-electron chi connectivity index (χ0n) is 11.4. The molecule has 1 atom stereocenters. The van der Waals surface area contributed by atoms with Crippen molar-refractivity contribution in [2.24, 2.45) is 5.92 Å². The van der Waals surface area contributed by atoms with Crippen LogP contribution in [0.5, 0.6) is 0 Å². The van der Waals surface area contributed by atoms with Crippen LogP contribution in [0.4, 0.5) is 0 Å². The third-order valence-electron chi connectivity index (χ3n) is 2.86. The Kier molecular flexibility index (Phi) is 5.83. The van der Waals surface area contributed by atoms with Gasteiger partial charge in [-0.3, -0.25) is 9.59 Å². The van der Waals surface area contributed by atoms with Gasteiger partial charge in [0.05, 0.1) is 13.0 Å². The number of carbonyl (C=O) groups excluding carboxylic acids is 2. The number of nitrogens with zero attached hydrogens (tertiary/aromatic N) is 1. The second-order valence-corrected chi connectivity index (χ2v) is 4.82. The average Bonchev–Trinajstić information content (AvgIpc) is 2.39. The molecule has 0 aliphatic heterocycles. The van der Waals surface area contributed by atoms with Crippen molar-refractivity contribution >= 4 is 23.5 Å². The van der Waals surface area contributed by atoms with E-state index in [0.717, 1.165) is 5.56 Å². The Hall–Kier alpha value is -1.55. The van der Waals surface area contributed by atoms with Gasteiger partial charge in [-0.25, -0.2) is 0 Å². The molecule has 1 aromatic carbocycles. The lowest BCUT2D eigenvalue weighted by Gasteiger charge is -2.24. The number of hydrogen-bond acceptors (Lipinski definition) is 3. The van der Waals surface area contributed by atoms with Gasteiger partial charge in [0.1, 0.15) is 0 Å². The minimum Gasteiger partial charge on any atom is -0.469 e. The zero-order chi connectivity index (χ0) is 14.4. The van der Waals surface area contributed by atoms with Gasteiger partial charge in [0.15, 0.2) is 0 Å². The van der Waals surface area contributed by atoms with Crippen molar-refractivity contribution in [2.75, 3.05) is 13.7 Å². The normalized spacial score (nSPS) is 11.8. The number of carbonyl (C=O) groups is 2. The summed E-state index contributed by atoms with van der Waals surface area (Å²) in [6, 6.07) is 7.34. The van der Waals surface area contributed by atoms with E-state index < -0.39 is 0 Å². The van der Waals surface area contributed by atoms with Crippen LogP contribution < -0.4 is 0 Å². The SMILES string of the molecule is COC(=O)C(C)CN(Cc1ccccc1Cl)C(C)=O. The summed E-state index contributed by atoms with van der Waals surface area (Å²) in [7, 11) is 1.34. The van der Waals surface area contributed by atoms with E-state index in [4.69, 9.17) is 11.6 Å². The quantitative estimate of drug-likeness (QED) is 0.780. The monoisotopic (exact) mass is 283 g/mol. The van der Waals surface area contributed by atoms with E-state index in [1.54, 1.807) is 17.9 Å². The largest absolute Gasteiger partial charge is 0.469 e. The van der Waals surface area contributed by atoms with Crippen LogP contribution in [0.3, 0.4) is 0 Å². The number of halogens is 1. The average molecular weight is 284 g/mol. The fraction of sp³-hybridized carbons (Fsp3) is 0.429. The van der Waals surface area contributed by atoms with Crippen molar-refractivity contribution in [3.63, 3.8) is 0 Å². The van der Waals surface area contributed by atoms with Crippen LogP contribution in [0.2, 0.25) is 5.02 Å². The summed E-state index contributed by atoms with van der Waals surface area (Å²) < 4.78 is 4.66. The smallest absolute Gasteiger partial charge is 0.310 e. The predicted octanol–water partition coefficient (Wildman–Crippen LogP) is 2.50. The van der Waals surface area contributed by atoms with Gasteiger partial charge in [-0.15, -0.1) is 0 Å². The van der Waals surface area contributed by atoms with Crippen molar-refractivity contribution in [2.45, 2.75) is 20.4 Å². The molecule has 0 aliphatic carbocycles. The van der Waals surface area contributed by atoms with Gasteiger partial charge in [0.25, 0.3) is 0 Å². The van der Waals surface area contributed by atoms with Crippen molar-refractivity contribution in [3.05, 3.63) is 34.9 Å². The maximum atomic E-state index is 11.6. The molecule has 0 aromatic heterocycles. The molecule has 0 saturated heterocycles. The summed E-state index contributed by atoms with van der Waals surface area (Å²) in [6.45, 7) is 3.90. The Bertz CT molecular complexity index is 462. The fourth-order valence-corrected chi connectivity index (χ4v) is 1.94. The van der Waals surface area contributed by atoms with Crippen LogP contribution >= 0.6 is 11.6 Å². The standard InChI is InChI=1S/C14H18ClNO3/c1-10(14(18)19-3)8-16(11(2)17)9-12-6-4-5-7-13(12)15/h4-7,10H,8-9H2,1-3H3. The Morgan fingerprint density at radius 1 is 1.37 bits per heavy atom. The maximum Gasteiger partial charge on any atom is 0.310 e. The maximum absolute atomic E-state index is 11.6. The molecule has 0 heterocycles. The molecule has 104 valence electrons. The van der Waals surface area contributed by atoms with Crippen LogP contribution in [0, 0.1) is 5.92 Å². The summed E-state index contributed by atoms with van der Waals surface area (Å²) in [5, 5.41) is 0.611. The molecule has 1 amide bonds. The first-order chi connectivity index (χ1) is 8.95. The second kappa shape index (κ2) is 7.14. The van der Waals surface area contributed by atoms with E-state index in [2.05, 4.69) is 4.74 Å². The molecule has 0 aliphatic rings. The lowest BCUT2D eigenvalue weighted by atomic mass is 10.1. The molecule has 0 fully saturated rings. The number of benzene rings is 1. The molecule has 0 saturated carbocycles. The lowest BCUT2D eigenvalue weighted by Crippen LogP contribution is -2.35. The summed E-state index contributed by atoms with van der Waals surface area (Å²) in [6.07, 6.45) is 0. The molecule has 1 rings (SSSR count). The summed E-state index contributed by atoms with van der Waals surface area (Å²) in [5.74, 6) is -0.794. The van der Waals surface area contributed by atoms with Gasteiger partial charge in [0.2, 0.25) is 5.91 Å². The molecule has 0 radical (unpaired) electrons. The van der Waals surface area contributed by atoms with Crippen molar-refractivity contribution in [1.82, 2.24) is 4.90 Å². The number of amides is 1. The van der Waals surface area contributed by atoms with E-state index in [0.29, 0.717) is 18.1 Å². The number of esters is 1. The Morgan fingerprint density at radius 2 is 2.00 bits per heavy atom. The predicted molar refractivity (Wildman–Crippen MR) is 73.7 cm³/mol. The van der Waals surface area contributed by atoms with E-state index in [9.17, 15) is 9.59 Å². The Labute approximate surface area is 118 Å². The lowest BCUT2D eigenvalue weighted by molar-refractivity contribution is -0.146. The highest BCUT2D eigenvalue weighted by Crippen LogP contribution is 2.18. The van der Waals surface area contributed by atoms with E-state index in [1.807, 2.05) is 18.2 Å². The van der Waals surface area contributed by atoms with Crippen LogP contribution in [0.25, 0.3) is 0 Å². The van der Waals surface area contributed by atoms with Gasteiger partial charge in [-0.2, -0.15) is 0 Å². The highest BCUT2D eigenvalue weighted by molar-refractivity contribution is 6.31. The van der Waals surface area contributed by atoms with Gasteiger partial charge in [-0.1, -0.05) is 36.7 Å². The van der Waals surface area contributed by atoms with Gasteiger partial charge >= 0.3 is 5.97 Å². The molecule has 0 bridgehead atoms. The number of methoxy groups -OCH3 is 1. The van der Waals surface area contributed by atoms with Crippen molar-refractivity contribution in [3.8, 4) is 0 Å². The number of hydrogen-bond donors (Lipinski definition) is 0. The van der Waals surface area contributed by atoms with Gasteiger partial charge in [-0.05, 0) is 11.6 Å².